The Morgan fingerprint density at radius 3 is 2.45 bits per heavy atom. The minimum atomic E-state index is -1.18. The fraction of sp³-hybridized carbons (Fsp3) is 0.267. The van der Waals surface area contributed by atoms with E-state index in [0.29, 0.717) is 10.8 Å². The molecule has 0 spiro atoms. The topological polar surface area (TPSA) is 76.5 Å². The minimum Gasteiger partial charge on any atom is -0.477 e. The monoisotopic (exact) mass is 273 g/mol. The highest BCUT2D eigenvalue weighted by Crippen LogP contribution is 2.21. The second kappa shape index (κ2) is 4.92. The summed E-state index contributed by atoms with van der Waals surface area (Å²) in [6.45, 7) is 5.23. The highest BCUT2D eigenvalue weighted by molar-refractivity contribution is 6.05. The van der Waals surface area contributed by atoms with Crippen LogP contribution in [0, 0.1) is 0 Å². The average Bonchev–Trinajstić information content (AvgIpc) is 2.35. The number of aromatic carboxylic acids is 1. The second-order valence-electron chi connectivity index (χ2n) is 5.38. The van der Waals surface area contributed by atoms with Crippen molar-refractivity contribution < 1.29 is 19.4 Å². The maximum atomic E-state index is 12.2. The van der Waals surface area contributed by atoms with Crippen molar-refractivity contribution in [2.24, 2.45) is 0 Å². The van der Waals surface area contributed by atoms with Gasteiger partial charge < -0.3 is 9.84 Å². The van der Waals surface area contributed by atoms with Gasteiger partial charge in [-0.2, -0.15) is 0 Å². The van der Waals surface area contributed by atoms with E-state index >= 15 is 0 Å². The quantitative estimate of drug-likeness (QED) is 0.851. The summed E-state index contributed by atoms with van der Waals surface area (Å²) in [5.41, 5.74) is -0.820. The first-order chi connectivity index (χ1) is 9.28. The molecule has 0 aliphatic heterocycles. The molecule has 0 fully saturated rings. The summed E-state index contributed by atoms with van der Waals surface area (Å²) in [5, 5.41) is 10.3. The van der Waals surface area contributed by atoms with E-state index in [2.05, 4.69) is 4.98 Å². The zero-order valence-corrected chi connectivity index (χ0v) is 11.5. The van der Waals surface area contributed by atoms with Crippen molar-refractivity contribution in [3.8, 4) is 0 Å². The van der Waals surface area contributed by atoms with Crippen molar-refractivity contribution in [2.75, 3.05) is 0 Å². The maximum absolute atomic E-state index is 12.2. The van der Waals surface area contributed by atoms with Crippen molar-refractivity contribution in [3.63, 3.8) is 0 Å². The molecule has 2 rings (SSSR count). The number of hydrogen-bond donors (Lipinski definition) is 1. The van der Waals surface area contributed by atoms with Crippen LogP contribution in [0.2, 0.25) is 0 Å². The molecule has 1 heterocycles. The van der Waals surface area contributed by atoms with Gasteiger partial charge in [-0.3, -0.25) is 0 Å². The number of carbonyl (C=O) groups excluding carboxylic acids is 1. The molecule has 5 nitrogen and oxygen atoms in total. The molecule has 0 aliphatic carbocycles. The standard InChI is InChI=1S/C15H15NO4/c1-15(2,3)20-14(19)12-10-7-5-4-6-9(10)8-11(16-12)13(17)18/h4-8H,1-3H3,(H,17,18). The van der Waals surface area contributed by atoms with Gasteiger partial charge in [-0.05, 0) is 32.2 Å². The van der Waals surface area contributed by atoms with Gasteiger partial charge in [-0.25, -0.2) is 14.6 Å². The highest BCUT2D eigenvalue weighted by Gasteiger charge is 2.22. The molecule has 0 aliphatic rings. The van der Waals surface area contributed by atoms with Crippen LogP contribution < -0.4 is 0 Å². The minimum absolute atomic E-state index is 0.0235. The van der Waals surface area contributed by atoms with Crippen LogP contribution in [-0.2, 0) is 4.74 Å². The van der Waals surface area contributed by atoms with E-state index in [0.717, 1.165) is 0 Å². The Morgan fingerprint density at radius 1 is 1.20 bits per heavy atom. The zero-order chi connectivity index (χ0) is 14.9. The zero-order valence-electron chi connectivity index (χ0n) is 11.5. The van der Waals surface area contributed by atoms with Crippen molar-refractivity contribution in [3.05, 3.63) is 41.7 Å². The van der Waals surface area contributed by atoms with Gasteiger partial charge >= 0.3 is 11.9 Å². The molecule has 5 heteroatoms. The molecule has 0 amide bonds. The average molecular weight is 273 g/mol. The molecule has 20 heavy (non-hydrogen) atoms. The smallest absolute Gasteiger partial charge is 0.358 e. The number of carboxylic acids is 1. The van der Waals surface area contributed by atoms with Gasteiger partial charge in [-0.15, -0.1) is 0 Å². The van der Waals surface area contributed by atoms with E-state index < -0.39 is 17.5 Å². The predicted octanol–water partition coefficient (Wildman–Crippen LogP) is 2.89. The van der Waals surface area contributed by atoms with Crippen LogP contribution in [-0.4, -0.2) is 27.6 Å². The Kier molecular flexibility index (Phi) is 3.44. The lowest BCUT2D eigenvalue weighted by molar-refractivity contribution is 0.00653. The molecule has 104 valence electrons. The van der Waals surface area contributed by atoms with Crippen molar-refractivity contribution >= 4 is 22.7 Å². The van der Waals surface area contributed by atoms with Crippen LogP contribution in [0.15, 0.2) is 30.3 Å². The van der Waals surface area contributed by atoms with E-state index in [1.807, 2.05) is 0 Å². The lowest BCUT2D eigenvalue weighted by Gasteiger charge is -2.19. The Balaban J connectivity index is 2.61. The van der Waals surface area contributed by atoms with Crippen LogP contribution in [0.25, 0.3) is 10.8 Å². The number of carbonyl (C=O) groups is 2. The summed E-state index contributed by atoms with van der Waals surface area (Å²) >= 11 is 0. The summed E-state index contributed by atoms with van der Waals surface area (Å²) < 4.78 is 5.27. The number of ether oxygens (including phenoxy) is 1. The van der Waals surface area contributed by atoms with Gasteiger partial charge in [0.1, 0.15) is 11.3 Å². The van der Waals surface area contributed by atoms with E-state index in [1.54, 1.807) is 45.0 Å². The van der Waals surface area contributed by atoms with E-state index in [-0.39, 0.29) is 11.4 Å². The number of pyridine rings is 1. The lowest BCUT2D eigenvalue weighted by Crippen LogP contribution is -2.25. The van der Waals surface area contributed by atoms with Crippen LogP contribution in [0.3, 0.4) is 0 Å². The number of fused-ring (bicyclic) bond motifs is 1. The van der Waals surface area contributed by atoms with Gasteiger partial charge in [-0.1, -0.05) is 24.3 Å². The van der Waals surface area contributed by atoms with Gasteiger partial charge in [0.15, 0.2) is 5.69 Å². The SMILES string of the molecule is CC(C)(C)OC(=O)c1nc(C(=O)O)cc2ccccc12. The van der Waals surface area contributed by atoms with E-state index in [1.165, 1.54) is 6.07 Å². The molecular formula is C15H15NO4. The Morgan fingerprint density at radius 2 is 1.85 bits per heavy atom. The number of nitrogens with zero attached hydrogens (tertiary/aromatic N) is 1. The largest absolute Gasteiger partial charge is 0.477 e. The third kappa shape index (κ3) is 2.93. The third-order valence-corrected chi connectivity index (χ3v) is 2.55. The number of carboxylic acid groups (broad SMARTS) is 1. The molecule has 0 saturated heterocycles. The fourth-order valence-electron chi connectivity index (χ4n) is 1.79. The Bertz CT molecular complexity index is 686. The molecule has 0 unspecified atom stereocenters. The summed E-state index contributed by atoms with van der Waals surface area (Å²) in [6, 6.07) is 8.42. The highest BCUT2D eigenvalue weighted by atomic mass is 16.6. The Hall–Kier alpha value is -2.43. The molecular weight excluding hydrogens is 258 g/mol. The third-order valence-electron chi connectivity index (χ3n) is 2.55. The van der Waals surface area contributed by atoms with Gasteiger partial charge in [0.2, 0.25) is 0 Å². The van der Waals surface area contributed by atoms with Crippen LogP contribution in [0.1, 0.15) is 41.7 Å². The summed E-state index contributed by atoms with van der Waals surface area (Å²) in [4.78, 5) is 27.2. The second-order valence-corrected chi connectivity index (χ2v) is 5.38. The molecule has 2 aromatic rings. The van der Waals surface area contributed by atoms with Gasteiger partial charge in [0, 0.05) is 5.39 Å². The van der Waals surface area contributed by atoms with E-state index in [4.69, 9.17) is 9.84 Å². The van der Waals surface area contributed by atoms with Crippen LogP contribution in [0.5, 0.6) is 0 Å². The number of benzene rings is 1. The lowest BCUT2D eigenvalue weighted by atomic mass is 10.1. The van der Waals surface area contributed by atoms with Gasteiger partial charge in [0.05, 0.1) is 0 Å². The maximum Gasteiger partial charge on any atom is 0.358 e. The van der Waals surface area contributed by atoms with Crippen molar-refractivity contribution in [1.29, 1.82) is 0 Å². The summed E-state index contributed by atoms with van der Waals surface area (Å²) in [5.74, 6) is -1.81. The number of esters is 1. The van der Waals surface area contributed by atoms with Crippen molar-refractivity contribution in [2.45, 2.75) is 26.4 Å². The first-order valence-electron chi connectivity index (χ1n) is 6.14. The molecule has 1 aromatic carbocycles. The summed E-state index contributed by atoms with van der Waals surface area (Å²) in [7, 11) is 0. The first-order valence-corrected chi connectivity index (χ1v) is 6.14. The number of hydrogen-bond acceptors (Lipinski definition) is 4. The van der Waals surface area contributed by atoms with E-state index in [9.17, 15) is 9.59 Å². The first kappa shape index (κ1) is 14.0. The Labute approximate surface area is 116 Å². The van der Waals surface area contributed by atoms with Gasteiger partial charge in [0.25, 0.3) is 0 Å². The predicted molar refractivity (Wildman–Crippen MR) is 73.9 cm³/mol. The fourth-order valence-corrected chi connectivity index (χ4v) is 1.79. The summed E-state index contributed by atoms with van der Waals surface area (Å²) in [6.07, 6.45) is 0. The van der Waals surface area contributed by atoms with Crippen LogP contribution >= 0.6 is 0 Å². The molecule has 0 bridgehead atoms. The molecule has 0 saturated carbocycles. The molecule has 0 atom stereocenters. The normalized spacial score (nSPS) is 11.3. The van der Waals surface area contributed by atoms with Crippen LogP contribution in [0.4, 0.5) is 0 Å². The molecule has 1 N–H and O–H groups in total. The molecule has 0 radical (unpaired) electrons. The number of aromatic nitrogens is 1. The number of rotatable bonds is 2. The molecule has 1 aromatic heterocycles. The van der Waals surface area contributed by atoms with Crippen molar-refractivity contribution in [1.82, 2.24) is 4.98 Å².